The van der Waals surface area contributed by atoms with E-state index in [9.17, 15) is 0 Å². The standard InChI is InChI=1S/C15H23N5/c1-3-20-13(8-9-17-20)11-16-15-10-14(18-19(15)2)12-6-4-5-7-12/h8-10,12,16H,3-7,11H2,1-2H3. The molecule has 0 bridgehead atoms. The van der Waals surface area contributed by atoms with Gasteiger partial charge in [0.2, 0.25) is 0 Å². The summed E-state index contributed by atoms with van der Waals surface area (Å²) < 4.78 is 3.97. The largest absolute Gasteiger partial charge is 0.365 e. The first-order chi connectivity index (χ1) is 9.78. The Kier molecular flexibility index (Phi) is 3.76. The molecular formula is C15H23N5. The molecule has 5 nitrogen and oxygen atoms in total. The fourth-order valence-corrected chi connectivity index (χ4v) is 3.05. The van der Waals surface area contributed by atoms with Gasteiger partial charge in [0.25, 0.3) is 0 Å². The number of aryl methyl sites for hydroxylation is 2. The Hall–Kier alpha value is -1.78. The lowest BCUT2D eigenvalue weighted by atomic mass is 10.0. The van der Waals surface area contributed by atoms with Crippen LogP contribution in [0.1, 0.15) is 49.9 Å². The number of anilines is 1. The Morgan fingerprint density at radius 1 is 1.35 bits per heavy atom. The summed E-state index contributed by atoms with van der Waals surface area (Å²) in [5.41, 5.74) is 2.45. The van der Waals surface area contributed by atoms with Crippen molar-refractivity contribution in [1.82, 2.24) is 19.6 Å². The maximum atomic E-state index is 4.67. The molecule has 0 aromatic carbocycles. The molecule has 5 heteroatoms. The van der Waals surface area contributed by atoms with Crippen LogP contribution in [0.15, 0.2) is 18.3 Å². The fourth-order valence-electron chi connectivity index (χ4n) is 3.05. The minimum absolute atomic E-state index is 0.665. The topological polar surface area (TPSA) is 47.7 Å². The lowest BCUT2D eigenvalue weighted by molar-refractivity contribution is 0.625. The Morgan fingerprint density at radius 2 is 2.15 bits per heavy atom. The molecule has 0 unspecified atom stereocenters. The van der Waals surface area contributed by atoms with Gasteiger partial charge in [0.1, 0.15) is 5.82 Å². The molecule has 1 fully saturated rings. The van der Waals surface area contributed by atoms with E-state index in [4.69, 9.17) is 0 Å². The van der Waals surface area contributed by atoms with Gasteiger partial charge in [0.15, 0.2) is 0 Å². The Morgan fingerprint density at radius 3 is 2.90 bits per heavy atom. The van der Waals surface area contributed by atoms with E-state index in [1.54, 1.807) is 0 Å². The quantitative estimate of drug-likeness (QED) is 0.911. The van der Waals surface area contributed by atoms with E-state index in [1.807, 2.05) is 22.6 Å². The summed E-state index contributed by atoms with van der Waals surface area (Å²) >= 11 is 0. The minimum atomic E-state index is 0.665. The van der Waals surface area contributed by atoms with E-state index >= 15 is 0 Å². The van der Waals surface area contributed by atoms with Crippen LogP contribution in [0.5, 0.6) is 0 Å². The molecule has 1 N–H and O–H groups in total. The van der Waals surface area contributed by atoms with Gasteiger partial charge in [-0.05, 0) is 25.8 Å². The molecule has 0 saturated heterocycles. The molecule has 1 saturated carbocycles. The van der Waals surface area contributed by atoms with Gasteiger partial charge in [-0.15, -0.1) is 0 Å². The van der Waals surface area contributed by atoms with Gasteiger partial charge in [0.05, 0.1) is 17.9 Å². The average molecular weight is 273 g/mol. The van der Waals surface area contributed by atoms with Gasteiger partial charge in [-0.2, -0.15) is 10.2 Å². The van der Waals surface area contributed by atoms with Gasteiger partial charge < -0.3 is 5.32 Å². The lowest BCUT2D eigenvalue weighted by Crippen LogP contribution is -2.09. The van der Waals surface area contributed by atoms with Crippen LogP contribution in [-0.4, -0.2) is 19.6 Å². The Labute approximate surface area is 120 Å². The van der Waals surface area contributed by atoms with Gasteiger partial charge in [-0.1, -0.05) is 12.8 Å². The van der Waals surface area contributed by atoms with Crippen molar-refractivity contribution in [3.05, 3.63) is 29.7 Å². The molecule has 0 spiro atoms. The molecule has 0 atom stereocenters. The number of nitrogens with one attached hydrogen (secondary N) is 1. The number of hydrogen-bond donors (Lipinski definition) is 1. The van der Waals surface area contributed by atoms with Gasteiger partial charge >= 0.3 is 0 Å². The number of hydrogen-bond acceptors (Lipinski definition) is 3. The third-order valence-corrected chi connectivity index (χ3v) is 4.23. The van der Waals surface area contributed by atoms with E-state index in [1.165, 1.54) is 37.1 Å². The molecule has 1 aliphatic carbocycles. The normalized spacial score (nSPS) is 15.9. The molecule has 1 aliphatic rings. The molecule has 20 heavy (non-hydrogen) atoms. The van der Waals surface area contributed by atoms with Gasteiger partial charge in [-0.25, -0.2) is 0 Å². The van der Waals surface area contributed by atoms with Gasteiger partial charge in [0, 0.05) is 31.8 Å². The highest BCUT2D eigenvalue weighted by Crippen LogP contribution is 2.34. The molecule has 2 aromatic heterocycles. The summed E-state index contributed by atoms with van der Waals surface area (Å²) in [6.07, 6.45) is 7.13. The summed E-state index contributed by atoms with van der Waals surface area (Å²) in [7, 11) is 2.01. The Balaban J connectivity index is 1.68. The van der Waals surface area contributed by atoms with Crippen LogP contribution < -0.4 is 5.32 Å². The number of rotatable bonds is 5. The lowest BCUT2D eigenvalue weighted by Gasteiger charge is -2.07. The van der Waals surface area contributed by atoms with E-state index in [2.05, 4.69) is 34.6 Å². The van der Waals surface area contributed by atoms with Crippen LogP contribution in [0.25, 0.3) is 0 Å². The SMILES string of the molecule is CCn1nccc1CNc1cc(C2CCCC2)nn1C. The van der Waals surface area contributed by atoms with E-state index < -0.39 is 0 Å². The first kappa shape index (κ1) is 13.2. The van der Waals surface area contributed by atoms with Crippen molar-refractivity contribution in [3.63, 3.8) is 0 Å². The smallest absolute Gasteiger partial charge is 0.124 e. The predicted molar refractivity (Wildman–Crippen MR) is 79.6 cm³/mol. The third kappa shape index (κ3) is 2.57. The fraction of sp³-hybridized carbons (Fsp3) is 0.600. The van der Waals surface area contributed by atoms with E-state index in [0.29, 0.717) is 5.92 Å². The summed E-state index contributed by atoms with van der Waals surface area (Å²) in [5, 5.41) is 12.4. The molecule has 0 radical (unpaired) electrons. The zero-order valence-electron chi connectivity index (χ0n) is 12.3. The van der Waals surface area contributed by atoms with Crippen molar-refractivity contribution in [2.75, 3.05) is 5.32 Å². The molecule has 108 valence electrons. The number of aromatic nitrogens is 4. The highest BCUT2D eigenvalue weighted by atomic mass is 15.3. The van der Waals surface area contributed by atoms with E-state index in [0.717, 1.165) is 18.9 Å². The van der Waals surface area contributed by atoms with Crippen LogP contribution >= 0.6 is 0 Å². The zero-order chi connectivity index (χ0) is 13.9. The molecule has 0 aliphatic heterocycles. The summed E-state index contributed by atoms with van der Waals surface area (Å²) in [5.74, 6) is 1.76. The van der Waals surface area contributed by atoms with Crippen molar-refractivity contribution in [2.24, 2.45) is 7.05 Å². The van der Waals surface area contributed by atoms with Crippen molar-refractivity contribution in [3.8, 4) is 0 Å². The minimum Gasteiger partial charge on any atom is -0.365 e. The first-order valence-electron chi connectivity index (χ1n) is 7.56. The van der Waals surface area contributed by atoms with Crippen molar-refractivity contribution in [1.29, 1.82) is 0 Å². The molecule has 3 rings (SSSR count). The van der Waals surface area contributed by atoms with Crippen LogP contribution in [0.3, 0.4) is 0 Å². The molecule has 2 aromatic rings. The second kappa shape index (κ2) is 5.69. The summed E-state index contributed by atoms with van der Waals surface area (Å²) in [6.45, 7) is 3.80. The maximum absolute atomic E-state index is 4.67. The summed E-state index contributed by atoms with van der Waals surface area (Å²) in [6, 6.07) is 4.27. The average Bonchev–Trinajstić information content (AvgIpc) is 3.17. The van der Waals surface area contributed by atoms with Crippen LogP contribution in [-0.2, 0) is 20.1 Å². The van der Waals surface area contributed by atoms with Crippen molar-refractivity contribution >= 4 is 5.82 Å². The highest BCUT2D eigenvalue weighted by Gasteiger charge is 2.20. The van der Waals surface area contributed by atoms with Crippen LogP contribution in [0.2, 0.25) is 0 Å². The van der Waals surface area contributed by atoms with Gasteiger partial charge in [-0.3, -0.25) is 9.36 Å². The summed E-state index contributed by atoms with van der Waals surface area (Å²) in [4.78, 5) is 0. The predicted octanol–water partition coefficient (Wildman–Crippen LogP) is 2.91. The zero-order valence-corrected chi connectivity index (χ0v) is 12.3. The van der Waals surface area contributed by atoms with Crippen molar-refractivity contribution in [2.45, 2.75) is 51.6 Å². The van der Waals surface area contributed by atoms with Crippen LogP contribution in [0.4, 0.5) is 5.82 Å². The maximum Gasteiger partial charge on any atom is 0.124 e. The third-order valence-electron chi connectivity index (χ3n) is 4.23. The monoisotopic (exact) mass is 273 g/mol. The highest BCUT2D eigenvalue weighted by molar-refractivity contribution is 5.38. The molecular weight excluding hydrogens is 250 g/mol. The first-order valence-corrected chi connectivity index (χ1v) is 7.56. The molecule has 2 heterocycles. The molecule has 0 amide bonds. The second-order valence-electron chi connectivity index (χ2n) is 5.55. The second-order valence-corrected chi connectivity index (χ2v) is 5.55. The van der Waals surface area contributed by atoms with Crippen LogP contribution in [0, 0.1) is 0 Å². The number of nitrogens with zero attached hydrogens (tertiary/aromatic N) is 4. The Bertz CT molecular complexity index is 563. The van der Waals surface area contributed by atoms with E-state index in [-0.39, 0.29) is 0 Å². The van der Waals surface area contributed by atoms with Crippen molar-refractivity contribution < 1.29 is 0 Å².